The van der Waals surface area contributed by atoms with Gasteiger partial charge in [0.2, 0.25) is 0 Å². The molecule has 0 saturated carbocycles. The number of hydrogen-bond acceptors (Lipinski definition) is 4. The molecule has 21 heavy (non-hydrogen) atoms. The zero-order valence-electron chi connectivity index (χ0n) is 11.0. The number of ether oxygens (including phenoxy) is 1. The SMILES string of the molecule is CN(C)CCOC(=O)c1c(F)c(F)c(N=[N+]=[N-])c(F)c1F. The minimum atomic E-state index is -1.98. The molecule has 0 saturated heterocycles. The second-order valence-corrected chi connectivity index (χ2v) is 4.11. The number of nitrogens with zero attached hydrogens (tertiary/aromatic N) is 4. The molecule has 1 aromatic carbocycles. The summed E-state index contributed by atoms with van der Waals surface area (Å²) in [6.45, 7) is 0.0167. The summed E-state index contributed by atoms with van der Waals surface area (Å²) in [6.07, 6.45) is 0. The molecule has 0 heterocycles. The van der Waals surface area contributed by atoms with E-state index in [-0.39, 0.29) is 13.2 Å². The topological polar surface area (TPSA) is 78.3 Å². The van der Waals surface area contributed by atoms with Crippen molar-refractivity contribution >= 4 is 11.7 Å². The van der Waals surface area contributed by atoms with Crippen LogP contribution in [0, 0.1) is 23.3 Å². The van der Waals surface area contributed by atoms with Crippen molar-refractivity contribution in [3.63, 3.8) is 0 Å². The molecule has 0 aliphatic heterocycles. The van der Waals surface area contributed by atoms with Crippen LogP contribution in [0.5, 0.6) is 0 Å². The van der Waals surface area contributed by atoms with Crippen LogP contribution >= 0.6 is 0 Å². The Morgan fingerprint density at radius 1 is 1.19 bits per heavy atom. The molecular formula is C11H10F4N4O2. The fourth-order valence-electron chi connectivity index (χ4n) is 1.32. The number of benzene rings is 1. The maximum absolute atomic E-state index is 13.6. The molecule has 1 rings (SSSR count). The molecule has 0 atom stereocenters. The fraction of sp³-hybridized carbons (Fsp3) is 0.364. The van der Waals surface area contributed by atoms with Gasteiger partial charge in [0.05, 0.1) is 0 Å². The number of halogens is 4. The van der Waals surface area contributed by atoms with Gasteiger partial charge in [-0.05, 0) is 19.6 Å². The molecule has 114 valence electrons. The molecule has 10 heteroatoms. The first-order chi connectivity index (χ1) is 9.81. The zero-order valence-corrected chi connectivity index (χ0v) is 11.0. The van der Waals surface area contributed by atoms with Gasteiger partial charge in [0.25, 0.3) is 0 Å². The number of hydrogen-bond donors (Lipinski definition) is 0. The van der Waals surface area contributed by atoms with Gasteiger partial charge in [0.1, 0.15) is 17.9 Å². The Balaban J connectivity index is 3.20. The first-order valence-corrected chi connectivity index (χ1v) is 5.54. The van der Waals surface area contributed by atoms with Gasteiger partial charge in [0, 0.05) is 11.5 Å². The van der Waals surface area contributed by atoms with Crippen LogP contribution in [0.3, 0.4) is 0 Å². The van der Waals surface area contributed by atoms with Crippen molar-refractivity contribution < 1.29 is 27.1 Å². The molecule has 0 spiro atoms. The average molecular weight is 306 g/mol. The van der Waals surface area contributed by atoms with Gasteiger partial charge in [-0.25, -0.2) is 22.4 Å². The summed E-state index contributed by atoms with van der Waals surface area (Å²) in [4.78, 5) is 15.1. The van der Waals surface area contributed by atoms with Crippen LogP contribution in [0.2, 0.25) is 0 Å². The highest BCUT2D eigenvalue weighted by molar-refractivity contribution is 5.90. The van der Waals surface area contributed by atoms with E-state index in [2.05, 4.69) is 9.85 Å². The van der Waals surface area contributed by atoms with Crippen LogP contribution in [0.25, 0.3) is 10.4 Å². The summed E-state index contributed by atoms with van der Waals surface area (Å²) in [7, 11) is 3.31. The van der Waals surface area contributed by atoms with Crippen molar-refractivity contribution in [2.24, 2.45) is 5.11 Å². The normalized spacial score (nSPS) is 10.4. The van der Waals surface area contributed by atoms with Gasteiger partial charge in [-0.15, -0.1) is 0 Å². The number of azide groups is 1. The fourth-order valence-corrected chi connectivity index (χ4v) is 1.32. The van der Waals surface area contributed by atoms with Crippen molar-refractivity contribution in [1.82, 2.24) is 4.90 Å². The van der Waals surface area contributed by atoms with Crippen molar-refractivity contribution in [2.75, 3.05) is 27.2 Å². The first-order valence-electron chi connectivity index (χ1n) is 5.54. The third kappa shape index (κ3) is 3.61. The average Bonchev–Trinajstić information content (AvgIpc) is 2.41. The number of likely N-dealkylation sites (N-methyl/N-ethyl adjacent to an activating group) is 1. The van der Waals surface area contributed by atoms with E-state index in [1.54, 1.807) is 19.0 Å². The quantitative estimate of drug-likeness (QED) is 0.209. The van der Waals surface area contributed by atoms with Gasteiger partial charge >= 0.3 is 5.97 Å². The maximum Gasteiger partial charge on any atom is 0.344 e. The first kappa shape index (κ1) is 16.7. The molecule has 0 bridgehead atoms. The molecule has 0 aromatic heterocycles. The molecular weight excluding hydrogens is 296 g/mol. The molecule has 0 unspecified atom stereocenters. The highest BCUT2D eigenvalue weighted by atomic mass is 19.2. The van der Waals surface area contributed by atoms with Crippen LogP contribution < -0.4 is 0 Å². The molecule has 0 radical (unpaired) electrons. The Morgan fingerprint density at radius 2 is 1.71 bits per heavy atom. The van der Waals surface area contributed by atoms with Gasteiger partial charge in [-0.1, -0.05) is 5.11 Å². The summed E-state index contributed by atoms with van der Waals surface area (Å²) in [5.74, 6) is -9.45. The van der Waals surface area contributed by atoms with Crippen molar-refractivity contribution in [1.29, 1.82) is 0 Å². The second kappa shape index (κ2) is 6.91. The predicted molar refractivity (Wildman–Crippen MR) is 63.9 cm³/mol. The lowest BCUT2D eigenvalue weighted by Crippen LogP contribution is -2.21. The van der Waals surface area contributed by atoms with Gasteiger partial charge in [0.15, 0.2) is 23.3 Å². The smallest absolute Gasteiger partial charge is 0.344 e. The van der Waals surface area contributed by atoms with Crippen LogP contribution in [-0.4, -0.2) is 38.1 Å². The lowest BCUT2D eigenvalue weighted by molar-refractivity contribution is 0.0468. The Labute approximate surface area is 116 Å². The summed E-state index contributed by atoms with van der Waals surface area (Å²) in [5.41, 5.74) is 5.08. The molecule has 0 aliphatic carbocycles. The third-order valence-corrected chi connectivity index (χ3v) is 2.36. The van der Waals surface area contributed by atoms with E-state index in [4.69, 9.17) is 5.53 Å². The minimum Gasteiger partial charge on any atom is -0.461 e. The zero-order chi connectivity index (χ0) is 16.2. The third-order valence-electron chi connectivity index (χ3n) is 2.36. The number of rotatable bonds is 5. The molecule has 0 N–H and O–H groups in total. The van der Waals surface area contributed by atoms with E-state index in [0.29, 0.717) is 0 Å². The van der Waals surface area contributed by atoms with E-state index in [1.807, 2.05) is 4.91 Å². The van der Waals surface area contributed by atoms with Gasteiger partial charge in [-0.3, -0.25) is 0 Å². The molecule has 0 aliphatic rings. The number of esters is 1. The van der Waals surface area contributed by atoms with Crippen LogP contribution in [-0.2, 0) is 4.74 Å². The van der Waals surface area contributed by atoms with Crippen molar-refractivity contribution in [3.8, 4) is 0 Å². The van der Waals surface area contributed by atoms with Crippen molar-refractivity contribution in [3.05, 3.63) is 39.3 Å². The summed E-state index contributed by atoms with van der Waals surface area (Å²) in [5, 5.41) is 2.50. The minimum absolute atomic E-state index is 0.230. The van der Waals surface area contributed by atoms with E-state index in [0.717, 1.165) is 0 Å². The Kier molecular flexibility index (Phi) is 5.51. The van der Waals surface area contributed by atoms with E-state index >= 15 is 0 Å². The van der Waals surface area contributed by atoms with Gasteiger partial charge in [-0.2, -0.15) is 0 Å². The summed E-state index contributed by atoms with van der Waals surface area (Å²) >= 11 is 0. The highest BCUT2D eigenvalue weighted by Crippen LogP contribution is 2.30. The van der Waals surface area contributed by atoms with E-state index in [1.165, 1.54) is 0 Å². The van der Waals surface area contributed by atoms with Crippen LogP contribution in [0.15, 0.2) is 5.11 Å². The van der Waals surface area contributed by atoms with E-state index < -0.39 is 40.5 Å². The van der Waals surface area contributed by atoms with Gasteiger partial charge < -0.3 is 9.64 Å². The Bertz CT molecular complexity index is 586. The van der Waals surface area contributed by atoms with Crippen LogP contribution in [0.4, 0.5) is 23.2 Å². The summed E-state index contributed by atoms with van der Waals surface area (Å²) < 4.78 is 58.6. The highest BCUT2D eigenvalue weighted by Gasteiger charge is 2.29. The number of carbonyl (C=O) groups is 1. The standard InChI is InChI=1S/C11H10F4N4O2/c1-19(2)3-4-21-11(20)5-6(12)8(14)10(17-18-16)9(15)7(5)13/h3-4H2,1-2H3. The van der Waals surface area contributed by atoms with Crippen LogP contribution in [0.1, 0.15) is 10.4 Å². The Hall–Kier alpha value is -2.32. The lowest BCUT2D eigenvalue weighted by Gasteiger charge is -2.11. The number of carbonyl (C=O) groups excluding carboxylic acids is 1. The summed E-state index contributed by atoms with van der Waals surface area (Å²) in [6, 6.07) is 0. The maximum atomic E-state index is 13.6. The lowest BCUT2D eigenvalue weighted by atomic mass is 10.1. The largest absolute Gasteiger partial charge is 0.461 e. The van der Waals surface area contributed by atoms with Crippen molar-refractivity contribution in [2.45, 2.75) is 0 Å². The molecule has 1 aromatic rings. The van der Waals surface area contributed by atoms with E-state index in [9.17, 15) is 22.4 Å². The molecule has 0 fully saturated rings. The Morgan fingerprint density at radius 3 is 2.14 bits per heavy atom. The molecule has 0 amide bonds. The monoisotopic (exact) mass is 306 g/mol. The second-order valence-electron chi connectivity index (χ2n) is 4.11. The molecule has 6 nitrogen and oxygen atoms in total. The predicted octanol–water partition coefficient (Wildman–Crippen LogP) is 2.90.